The number of benzene rings is 1. The monoisotopic (exact) mass is 383 g/mol. The predicted molar refractivity (Wildman–Crippen MR) is 94.8 cm³/mol. The Balaban J connectivity index is 2.03. The van der Waals surface area contributed by atoms with Gasteiger partial charge in [0.1, 0.15) is 5.60 Å². The average molecular weight is 383 g/mol. The molecule has 1 heterocycles. The molecule has 1 fully saturated rings. The summed E-state index contributed by atoms with van der Waals surface area (Å²) in [7, 11) is -2.42. The van der Waals surface area contributed by atoms with E-state index in [-0.39, 0.29) is 10.8 Å². The molecule has 1 aromatic carbocycles. The van der Waals surface area contributed by atoms with Crippen molar-refractivity contribution in [3.63, 3.8) is 0 Å². The van der Waals surface area contributed by atoms with Crippen LogP contribution in [-0.2, 0) is 29.1 Å². The smallest absolute Gasteiger partial charge is 0.418 e. The van der Waals surface area contributed by atoms with Crippen molar-refractivity contribution in [2.24, 2.45) is 5.92 Å². The van der Waals surface area contributed by atoms with Crippen LogP contribution in [0, 0.1) is 12.8 Å². The second kappa shape index (κ2) is 7.75. The lowest BCUT2D eigenvalue weighted by Crippen LogP contribution is -2.46. The summed E-state index contributed by atoms with van der Waals surface area (Å²) in [5.41, 5.74) is 0.113. The minimum Gasteiger partial charge on any atom is -0.461 e. The summed E-state index contributed by atoms with van der Waals surface area (Å²) in [6.07, 6.45) is 1.07. The van der Waals surface area contributed by atoms with Gasteiger partial charge in [0.25, 0.3) is 0 Å². The molecule has 0 radical (unpaired) electrons. The first-order valence-corrected chi connectivity index (χ1v) is 9.90. The third-order valence-electron chi connectivity index (χ3n) is 4.80. The number of aryl methyl sites for hydroxylation is 1. The summed E-state index contributed by atoms with van der Waals surface area (Å²) in [5, 5.41) is 0. The molecule has 0 spiro atoms. The van der Waals surface area contributed by atoms with Crippen LogP contribution in [0.5, 0.6) is 0 Å². The average Bonchev–Trinajstić information content (AvgIpc) is 2.61. The van der Waals surface area contributed by atoms with Gasteiger partial charge in [-0.15, -0.1) is 0 Å². The van der Waals surface area contributed by atoms with Gasteiger partial charge in [-0.05, 0) is 45.7 Å². The molecule has 0 bridgehead atoms. The standard InChI is InChI=1S/C18H25NO6S/c1-13-5-7-15(8-6-13)26(22,23)19-11-9-14(10-12-19)18(2,3)25-17(21)16(20)24-4/h5-8,14H,9-12H2,1-4H3. The van der Waals surface area contributed by atoms with E-state index in [0.717, 1.165) is 12.7 Å². The number of rotatable bonds is 4. The lowest BCUT2D eigenvalue weighted by Gasteiger charge is -2.39. The molecule has 1 aliphatic rings. The highest BCUT2D eigenvalue weighted by atomic mass is 32.2. The van der Waals surface area contributed by atoms with Crippen LogP contribution in [0.4, 0.5) is 0 Å². The Morgan fingerprint density at radius 1 is 1.08 bits per heavy atom. The first kappa shape index (κ1) is 20.4. The second-order valence-electron chi connectivity index (χ2n) is 6.98. The van der Waals surface area contributed by atoms with Crippen molar-refractivity contribution in [2.45, 2.75) is 44.1 Å². The van der Waals surface area contributed by atoms with E-state index in [1.807, 2.05) is 6.92 Å². The lowest BCUT2D eigenvalue weighted by molar-refractivity contribution is -0.178. The number of piperidine rings is 1. The van der Waals surface area contributed by atoms with E-state index in [1.54, 1.807) is 38.1 Å². The number of methoxy groups -OCH3 is 1. The summed E-state index contributed by atoms with van der Waals surface area (Å²) in [5.74, 6) is -2.13. The van der Waals surface area contributed by atoms with E-state index in [9.17, 15) is 18.0 Å². The number of carbonyl (C=O) groups is 2. The number of carbonyl (C=O) groups excluding carboxylic acids is 2. The number of hydrogen-bond acceptors (Lipinski definition) is 6. The van der Waals surface area contributed by atoms with Crippen LogP contribution in [0.2, 0.25) is 0 Å². The van der Waals surface area contributed by atoms with Crippen LogP contribution in [0.25, 0.3) is 0 Å². The first-order chi connectivity index (χ1) is 12.1. The third-order valence-corrected chi connectivity index (χ3v) is 6.72. The number of esters is 2. The van der Waals surface area contributed by atoms with Crippen molar-refractivity contribution in [3.8, 4) is 0 Å². The molecule has 8 heteroatoms. The van der Waals surface area contributed by atoms with Crippen molar-refractivity contribution >= 4 is 22.0 Å². The molecule has 1 aliphatic heterocycles. The molecule has 0 amide bonds. The highest BCUT2D eigenvalue weighted by Crippen LogP contribution is 2.33. The lowest BCUT2D eigenvalue weighted by atomic mass is 9.83. The van der Waals surface area contributed by atoms with Gasteiger partial charge in [-0.25, -0.2) is 18.0 Å². The minimum atomic E-state index is -3.54. The van der Waals surface area contributed by atoms with Crippen molar-refractivity contribution in [3.05, 3.63) is 29.8 Å². The van der Waals surface area contributed by atoms with Crippen LogP contribution in [-0.4, -0.2) is 50.5 Å². The first-order valence-electron chi connectivity index (χ1n) is 8.46. The molecule has 26 heavy (non-hydrogen) atoms. The summed E-state index contributed by atoms with van der Waals surface area (Å²) in [6.45, 7) is 6.02. The number of sulfonamides is 1. The van der Waals surface area contributed by atoms with Gasteiger partial charge in [-0.1, -0.05) is 17.7 Å². The van der Waals surface area contributed by atoms with Crippen LogP contribution >= 0.6 is 0 Å². The van der Waals surface area contributed by atoms with Crippen LogP contribution in [0.3, 0.4) is 0 Å². The SMILES string of the molecule is COC(=O)C(=O)OC(C)(C)C1CCN(S(=O)(=O)c2ccc(C)cc2)CC1. The van der Waals surface area contributed by atoms with Crippen molar-refractivity contribution in [2.75, 3.05) is 20.2 Å². The highest BCUT2D eigenvalue weighted by Gasteiger charge is 2.39. The number of hydrogen-bond donors (Lipinski definition) is 0. The Bertz CT molecular complexity index is 761. The molecular formula is C18H25NO6S. The summed E-state index contributed by atoms with van der Waals surface area (Å²) in [4.78, 5) is 23.2. The van der Waals surface area contributed by atoms with Crippen LogP contribution in [0.15, 0.2) is 29.2 Å². The molecule has 1 aromatic rings. The Morgan fingerprint density at radius 2 is 1.62 bits per heavy atom. The maximum atomic E-state index is 12.7. The Kier molecular flexibility index (Phi) is 6.08. The zero-order chi connectivity index (χ0) is 19.5. The molecule has 7 nitrogen and oxygen atoms in total. The quantitative estimate of drug-likeness (QED) is 0.583. The fraction of sp³-hybridized carbons (Fsp3) is 0.556. The predicted octanol–water partition coefficient (Wildman–Crippen LogP) is 1.89. The summed E-state index contributed by atoms with van der Waals surface area (Å²) in [6, 6.07) is 6.77. The molecule has 0 saturated carbocycles. The molecule has 0 N–H and O–H groups in total. The summed E-state index contributed by atoms with van der Waals surface area (Å²) >= 11 is 0. The van der Waals surface area contributed by atoms with Gasteiger partial charge < -0.3 is 9.47 Å². The van der Waals surface area contributed by atoms with Gasteiger partial charge >= 0.3 is 11.9 Å². The van der Waals surface area contributed by atoms with Crippen LogP contribution in [0.1, 0.15) is 32.3 Å². The zero-order valence-corrected chi connectivity index (χ0v) is 16.3. The molecular weight excluding hydrogens is 358 g/mol. The molecule has 0 aromatic heterocycles. The number of nitrogens with zero attached hydrogens (tertiary/aromatic N) is 1. The van der Waals surface area contributed by atoms with Gasteiger partial charge in [0.2, 0.25) is 10.0 Å². The molecule has 144 valence electrons. The third kappa shape index (κ3) is 4.42. The Hall–Kier alpha value is -1.93. The van der Waals surface area contributed by atoms with Gasteiger partial charge in [0.15, 0.2) is 0 Å². The second-order valence-corrected chi connectivity index (χ2v) is 8.91. The minimum absolute atomic E-state index is 0.0550. The normalized spacial score (nSPS) is 16.9. The van der Waals surface area contributed by atoms with Crippen molar-refractivity contribution in [1.82, 2.24) is 4.31 Å². The van der Waals surface area contributed by atoms with Crippen molar-refractivity contribution < 1.29 is 27.5 Å². The van der Waals surface area contributed by atoms with E-state index in [1.165, 1.54) is 4.31 Å². The zero-order valence-electron chi connectivity index (χ0n) is 15.5. The highest BCUT2D eigenvalue weighted by molar-refractivity contribution is 7.89. The molecule has 2 rings (SSSR count). The van der Waals surface area contributed by atoms with E-state index in [4.69, 9.17) is 4.74 Å². The number of ether oxygens (including phenoxy) is 2. The van der Waals surface area contributed by atoms with E-state index in [0.29, 0.717) is 25.9 Å². The van der Waals surface area contributed by atoms with Crippen LogP contribution < -0.4 is 0 Å². The van der Waals surface area contributed by atoms with Crippen molar-refractivity contribution in [1.29, 1.82) is 0 Å². The van der Waals surface area contributed by atoms with E-state index < -0.39 is 27.6 Å². The maximum absolute atomic E-state index is 12.7. The molecule has 0 atom stereocenters. The Labute approximate surface area is 154 Å². The fourth-order valence-corrected chi connectivity index (χ4v) is 4.57. The van der Waals surface area contributed by atoms with Gasteiger partial charge in [-0.2, -0.15) is 4.31 Å². The van der Waals surface area contributed by atoms with E-state index >= 15 is 0 Å². The Morgan fingerprint density at radius 3 is 2.12 bits per heavy atom. The summed E-state index contributed by atoms with van der Waals surface area (Å²) < 4.78 is 36.6. The topological polar surface area (TPSA) is 90.0 Å². The van der Waals surface area contributed by atoms with Gasteiger partial charge in [0.05, 0.1) is 12.0 Å². The maximum Gasteiger partial charge on any atom is 0.418 e. The van der Waals surface area contributed by atoms with E-state index in [2.05, 4.69) is 4.74 Å². The molecule has 1 saturated heterocycles. The largest absolute Gasteiger partial charge is 0.461 e. The molecule has 0 unspecified atom stereocenters. The molecule has 0 aliphatic carbocycles. The van der Waals surface area contributed by atoms with Gasteiger partial charge in [0, 0.05) is 19.0 Å². The van der Waals surface area contributed by atoms with Gasteiger partial charge in [-0.3, -0.25) is 0 Å². The fourth-order valence-electron chi connectivity index (χ4n) is 3.10.